The molecule has 18 nitrogen and oxygen atoms in total. The van der Waals surface area contributed by atoms with Crippen molar-refractivity contribution in [2.24, 2.45) is 0 Å². The van der Waals surface area contributed by atoms with Crippen LogP contribution in [0.2, 0.25) is 0 Å². The SMILES string of the molecule is CN(C)CCNC(=O)c1cc(C(=O)NCCNCCN2C(=O)c3cccc4cc([N+](=O)[O-])cc(c34)C2=O)cc(N2C(=O)c3cccc4cc([N+](=O)[O-])cc(c34)C2=O)c1.Cl. The van der Waals surface area contributed by atoms with Gasteiger partial charge in [0.1, 0.15) is 0 Å². The number of non-ortho nitro benzene ring substituents is 2. The Balaban J connectivity index is 0.00000585. The van der Waals surface area contributed by atoms with Crippen molar-refractivity contribution in [3.05, 3.63) is 132 Å². The minimum Gasteiger partial charge on any atom is -0.351 e. The highest BCUT2D eigenvalue weighted by Crippen LogP contribution is 2.37. The van der Waals surface area contributed by atoms with Crippen LogP contribution in [0, 0.1) is 20.2 Å². The van der Waals surface area contributed by atoms with E-state index in [1.807, 2.05) is 19.0 Å². The molecule has 3 N–H and O–H groups in total. The maximum atomic E-state index is 14.0. The van der Waals surface area contributed by atoms with Crippen molar-refractivity contribution >= 4 is 86.5 Å². The summed E-state index contributed by atoms with van der Waals surface area (Å²) in [6.07, 6.45) is 0. The Morgan fingerprint density at radius 3 is 1.66 bits per heavy atom. The Bertz CT molecular complexity index is 2650. The van der Waals surface area contributed by atoms with Gasteiger partial charge in [-0.1, -0.05) is 24.3 Å². The first kappa shape index (κ1) is 41.5. The van der Waals surface area contributed by atoms with Gasteiger partial charge < -0.3 is 20.9 Å². The first-order chi connectivity index (χ1) is 27.7. The van der Waals surface area contributed by atoms with Gasteiger partial charge in [0.05, 0.1) is 26.7 Å². The lowest BCUT2D eigenvalue weighted by Crippen LogP contribution is -2.44. The minimum atomic E-state index is -0.873. The van der Waals surface area contributed by atoms with Crippen molar-refractivity contribution in [1.29, 1.82) is 0 Å². The van der Waals surface area contributed by atoms with Gasteiger partial charge in [0.25, 0.3) is 46.8 Å². The van der Waals surface area contributed by atoms with E-state index in [1.54, 1.807) is 24.3 Å². The van der Waals surface area contributed by atoms with Crippen LogP contribution in [0.1, 0.15) is 62.1 Å². The summed E-state index contributed by atoms with van der Waals surface area (Å²) < 4.78 is 0. The molecule has 0 fully saturated rings. The largest absolute Gasteiger partial charge is 0.351 e. The van der Waals surface area contributed by atoms with E-state index in [4.69, 9.17) is 0 Å². The van der Waals surface area contributed by atoms with Gasteiger partial charge in [-0.05, 0) is 55.2 Å². The van der Waals surface area contributed by atoms with E-state index in [0.29, 0.717) is 22.7 Å². The average Bonchev–Trinajstić information content (AvgIpc) is 3.20. The predicted octanol–water partition coefficient (Wildman–Crippen LogP) is 3.94. The van der Waals surface area contributed by atoms with Gasteiger partial charge in [0, 0.05) is 96.6 Å². The number of hydrogen-bond donors (Lipinski definition) is 3. The number of likely N-dealkylation sites (N-methyl/N-ethyl adjacent to an activating group) is 1. The summed E-state index contributed by atoms with van der Waals surface area (Å²) in [5.41, 5.74) is -0.509. The number of amides is 6. The molecule has 6 amide bonds. The normalized spacial score (nSPS) is 13.2. The number of nitro benzene ring substituents is 2. The molecule has 2 aliphatic rings. The number of halogens is 1. The van der Waals surface area contributed by atoms with Crippen LogP contribution in [-0.4, -0.2) is 108 Å². The number of nitrogens with one attached hydrogen (secondary N) is 3. The summed E-state index contributed by atoms with van der Waals surface area (Å²) in [7, 11) is 3.64. The number of imide groups is 2. The molecule has 302 valence electrons. The first-order valence-electron chi connectivity index (χ1n) is 18.0. The first-order valence-corrected chi connectivity index (χ1v) is 18.0. The van der Waals surface area contributed by atoms with E-state index in [-0.39, 0.29) is 101 Å². The third kappa shape index (κ3) is 7.91. The van der Waals surface area contributed by atoms with Gasteiger partial charge in [-0.25, -0.2) is 4.90 Å². The fourth-order valence-corrected chi connectivity index (χ4v) is 7.06. The highest BCUT2D eigenvalue weighted by Gasteiger charge is 2.37. The summed E-state index contributed by atoms with van der Waals surface area (Å²) in [6, 6.07) is 18.0. The molecule has 0 saturated heterocycles. The van der Waals surface area contributed by atoms with Gasteiger partial charge in [0.15, 0.2) is 0 Å². The highest BCUT2D eigenvalue weighted by atomic mass is 35.5. The number of carbonyl (C=O) groups excluding carboxylic acids is 6. The molecule has 2 aliphatic heterocycles. The molecule has 0 unspecified atom stereocenters. The van der Waals surface area contributed by atoms with Crippen LogP contribution in [0.4, 0.5) is 17.1 Å². The van der Waals surface area contributed by atoms with Crippen LogP contribution in [0.5, 0.6) is 0 Å². The smallest absolute Gasteiger partial charge is 0.270 e. The average molecular weight is 823 g/mol. The second-order valence-corrected chi connectivity index (χ2v) is 13.8. The molecule has 0 atom stereocenters. The van der Waals surface area contributed by atoms with Gasteiger partial charge in [-0.3, -0.25) is 53.9 Å². The van der Waals surface area contributed by atoms with Crippen LogP contribution in [0.15, 0.2) is 78.9 Å². The van der Waals surface area contributed by atoms with Gasteiger partial charge in [-0.2, -0.15) is 0 Å². The fraction of sp³-hybridized carbons (Fsp3) is 0.200. The summed E-state index contributed by atoms with van der Waals surface area (Å²) in [6.45, 7) is 0.994. The van der Waals surface area contributed by atoms with Crippen molar-refractivity contribution < 1.29 is 38.6 Å². The predicted molar refractivity (Wildman–Crippen MR) is 217 cm³/mol. The molecule has 5 aromatic rings. The van der Waals surface area contributed by atoms with Crippen molar-refractivity contribution in [2.45, 2.75) is 0 Å². The maximum absolute atomic E-state index is 14.0. The zero-order valence-corrected chi connectivity index (χ0v) is 32.3. The summed E-state index contributed by atoms with van der Waals surface area (Å²) >= 11 is 0. The zero-order valence-electron chi connectivity index (χ0n) is 31.5. The number of rotatable bonds is 14. The summed E-state index contributed by atoms with van der Waals surface area (Å²) in [4.78, 5) is 107. The molecule has 7 rings (SSSR count). The third-order valence-corrected chi connectivity index (χ3v) is 9.81. The lowest BCUT2D eigenvalue weighted by molar-refractivity contribution is -0.384. The lowest BCUT2D eigenvalue weighted by Gasteiger charge is -2.28. The fourth-order valence-electron chi connectivity index (χ4n) is 7.06. The highest BCUT2D eigenvalue weighted by molar-refractivity contribution is 6.36. The molecule has 0 bridgehead atoms. The van der Waals surface area contributed by atoms with Crippen LogP contribution >= 0.6 is 12.4 Å². The summed E-state index contributed by atoms with van der Waals surface area (Å²) in [5.74, 6) is -4.07. The zero-order chi connectivity index (χ0) is 41.4. The number of nitrogens with zero attached hydrogens (tertiary/aromatic N) is 5. The van der Waals surface area contributed by atoms with Crippen LogP contribution in [0.3, 0.4) is 0 Å². The second kappa shape index (κ2) is 16.8. The van der Waals surface area contributed by atoms with E-state index in [9.17, 15) is 49.0 Å². The Labute approximate surface area is 340 Å². The molecule has 0 saturated carbocycles. The maximum Gasteiger partial charge on any atom is 0.270 e. The Morgan fingerprint density at radius 2 is 1.12 bits per heavy atom. The van der Waals surface area contributed by atoms with E-state index in [0.717, 1.165) is 21.9 Å². The molecule has 0 aliphatic carbocycles. The van der Waals surface area contributed by atoms with Gasteiger partial charge >= 0.3 is 0 Å². The number of hydrogen-bond acceptors (Lipinski definition) is 12. The lowest BCUT2D eigenvalue weighted by atomic mass is 9.92. The Hall–Kier alpha value is -7.15. The van der Waals surface area contributed by atoms with Crippen LogP contribution in [0.25, 0.3) is 21.5 Å². The molecule has 59 heavy (non-hydrogen) atoms. The van der Waals surface area contributed by atoms with Crippen LogP contribution in [-0.2, 0) is 0 Å². The van der Waals surface area contributed by atoms with Crippen molar-refractivity contribution in [3.8, 4) is 0 Å². The van der Waals surface area contributed by atoms with E-state index < -0.39 is 45.3 Å². The van der Waals surface area contributed by atoms with E-state index >= 15 is 0 Å². The number of benzene rings is 5. The molecule has 5 aromatic carbocycles. The molecule has 19 heteroatoms. The molecule has 0 spiro atoms. The molecule has 0 radical (unpaired) electrons. The van der Waals surface area contributed by atoms with Crippen molar-refractivity contribution in [1.82, 2.24) is 25.8 Å². The molecular weight excluding hydrogens is 788 g/mol. The summed E-state index contributed by atoms with van der Waals surface area (Å²) in [5, 5.41) is 33.1. The second-order valence-electron chi connectivity index (χ2n) is 13.8. The molecule has 0 aromatic heterocycles. The Kier molecular flexibility index (Phi) is 11.8. The minimum absolute atomic E-state index is 0. The van der Waals surface area contributed by atoms with Gasteiger partial charge in [-0.15, -0.1) is 12.4 Å². The Morgan fingerprint density at radius 1 is 0.627 bits per heavy atom. The number of anilines is 1. The standard InChI is InChI=1S/C40H34N8O10.ClH/c1-44(2)13-12-43-36(50)25-15-24(18-26(19-25)46-39(53)30-8-4-6-23-17-28(48(57)58)21-32(34(23)30)40(46)54)35(49)42-10-9-41-11-14-45-37(51)29-7-3-5-22-16-27(47(55)56)20-31(33(22)29)38(45)52;/h3-8,15-21,41H,9-14H2,1-2H3,(H,42,49)(H,43,50);1H. The van der Waals surface area contributed by atoms with E-state index in [2.05, 4.69) is 16.0 Å². The molecular formula is C40H35ClN8O10. The van der Waals surface area contributed by atoms with E-state index in [1.165, 1.54) is 42.5 Å². The van der Waals surface area contributed by atoms with Gasteiger partial charge in [0.2, 0.25) is 0 Å². The number of carbonyl (C=O) groups is 6. The van der Waals surface area contributed by atoms with Crippen molar-refractivity contribution in [2.75, 3.05) is 58.3 Å². The third-order valence-electron chi connectivity index (χ3n) is 9.81. The van der Waals surface area contributed by atoms with Crippen LogP contribution < -0.4 is 20.9 Å². The number of nitro groups is 2. The monoisotopic (exact) mass is 822 g/mol. The molecule has 2 heterocycles. The van der Waals surface area contributed by atoms with Crippen molar-refractivity contribution in [3.63, 3.8) is 0 Å². The quantitative estimate of drug-likeness (QED) is 0.0626. The topological polar surface area (TPSA) is 235 Å².